The fourth-order valence-electron chi connectivity index (χ4n) is 0.888. The van der Waals surface area contributed by atoms with E-state index in [-0.39, 0.29) is 5.97 Å². The fraction of sp³-hybridized carbons (Fsp3) is 0.800. The van der Waals surface area contributed by atoms with E-state index in [1.54, 1.807) is 0 Å². The Morgan fingerprint density at radius 3 is 2.75 bits per heavy atom. The lowest BCUT2D eigenvalue weighted by atomic mass is 10.3. The maximum absolute atomic E-state index is 11.1. The van der Waals surface area contributed by atoms with Gasteiger partial charge in [-0.1, -0.05) is 6.92 Å². The predicted octanol–water partition coefficient (Wildman–Crippen LogP) is 0.865. The Hall–Kier alpha value is -0.750. The van der Waals surface area contributed by atoms with Crippen molar-refractivity contribution < 1.29 is 19.4 Å². The Labute approximate surface area is 99.7 Å². The third kappa shape index (κ3) is 8.55. The lowest BCUT2D eigenvalue weighted by molar-refractivity contribution is -0.143. The minimum atomic E-state index is -0.991. The van der Waals surface area contributed by atoms with Gasteiger partial charge in [0.25, 0.3) is 0 Å². The molecule has 3 N–H and O–H groups in total. The van der Waals surface area contributed by atoms with E-state index in [2.05, 4.69) is 0 Å². The number of rotatable bonds is 9. The van der Waals surface area contributed by atoms with Crippen LogP contribution in [0.4, 0.5) is 0 Å². The number of carboxylic acid groups (broad SMARTS) is 1. The molecule has 0 aromatic rings. The first-order chi connectivity index (χ1) is 7.57. The van der Waals surface area contributed by atoms with Gasteiger partial charge in [-0.3, -0.25) is 9.59 Å². The molecule has 0 saturated carbocycles. The highest BCUT2D eigenvalue weighted by Crippen LogP contribution is 2.06. The van der Waals surface area contributed by atoms with Gasteiger partial charge in [-0.25, -0.2) is 0 Å². The number of aliphatic carboxylic acids is 1. The summed E-state index contributed by atoms with van der Waals surface area (Å²) in [5.41, 5.74) is 5.31. The van der Waals surface area contributed by atoms with Crippen LogP contribution < -0.4 is 5.73 Å². The zero-order valence-corrected chi connectivity index (χ0v) is 10.3. The third-order valence-electron chi connectivity index (χ3n) is 1.75. The number of carboxylic acids is 1. The molecule has 5 nitrogen and oxygen atoms in total. The SMILES string of the molecule is CCCOC(=O)CCCSC[C@H](N)C(=O)O. The highest BCUT2D eigenvalue weighted by molar-refractivity contribution is 7.99. The maximum atomic E-state index is 11.1. The molecule has 0 aliphatic carbocycles. The Bertz CT molecular complexity index is 223. The molecule has 1 atom stereocenters. The van der Waals surface area contributed by atoms with Crippen molar-refractivity contribution in [2.45, 2.75) is 32.2 Å². The van der Waals surface area contributed by atoms with E-state index in [4.69, 9.17) is 15.6 Å². The van der Waals surface area contributed by atoms with E-state index in [1.807, 2.05) is 6.92 Å². The Morgan fingerprint density at radius 2 is 2.19 bits per heavy atom. The van der Waals surface area contributed by atoms with E-state index in [1.165, 1.54) is 11.8 Å². The van der Waals surface area contributed by atoms with Crippen LogP contribution in [0.3, 0.4) is 0 Å². The molecule has 0 aromatic carbocycles. The summed E-state index contributed by atoms with van der Waals surface area (Å²) in [6.45, 7) is 2.41. The molecule has 0 bridgehead atoms. The first kappa shape index (κ1) is 15.2. The van der Waals surface area contributed by atoms with Crippen molar-refractivity contribution >= 4 is 23.7 Å². The van der Waals surface area contributed by atoms with Gasteiger partial charge < -0.3 is 15.6 Å². The first-order valence-electron chi connectivity index (χ1n) is 5.29. The van der Waals surface area contributed by atoms with Crippen LogP contribution >= 0.6 is 11.8 Å². The van der Waals surface area contributed by atoms with Crippen molar-refractivity contribution in [2.24, 2.45) is 5.73 Å². The molecule has 0 heterocycles. The lowest BCUT2D eigenvalue weighted by Gasteiger charge is -2.05. The second-order valence-corrected chi connectivity index (χ2v) is 4.49. The van der Waals surface area contributed by atoms with Crippen LogP contribution in [0.2, 0.25) is 0 Å². The molecule has 0 unspecified atom stereocenters. The summed E-state index contributed by atoms with van der Waals surface area (Å²) in [7, 11) is 0. The van der Waals surface area contributed by atoms with Crippen LogP contribution in [0.5, 0.6) is 0 Å². The van der Waals surface area contributed by atoms with Crippen LogP contribution in [0.25, 0.3) is 0 Å². The number of thioether (sulfide) groups is 1. The summed E-state index contributed by atoms with van der Waals surface area (Å²) in [5, 5.41) is 8.51. The number of hydrogen-bond acceptors (Lipinski definition) is 5. The van der Waals surface area contributed by atoms with Gasteiger partial charge in [-0.05, 0) is 18.6 Å². The summed E-state index contributed by atoms with van der Waals surface area (Å²) in [4.78, 5) is 21.4. The van der Waals surface area contributed by atoms with E-state index < -0.39 is 12.0 Å². The molecule has 0 amide bonds. The van der Waals surface area contributed by atoms with Crippen molar-refractivity contribution in [1.82, 2.24) is 0 Å². The summed E-state index contributed by atoms with van der Waals surface area (Å²) in [6.07, 6.45) is 1.91. The van der Waals surface area contributed by atoms with Crippen molar-refractivity contribution in [3.8, 4) is 0 Å². The van der Waals surface area contributed by atoms with Gasteiger partial charge in [0.05, 0.1) is 6.61 Å². The number of carbonyl (C=O) groups is 2. The average Bonchev–Trinajstić information content (AvgIpc) is 2.25. The van der Waals surface area contributed by atoms with Gasteiger partial charge in [0.15, 0.2) is 0 Å². The molecule has 0 rings (SSSR count). The molecule has 0 saturated heterocycles. The highest BCUT2D eigenvalue weighted by atomic mass is 32.2. The zero-order valence-electron chi connectivity index (χ0n) is 9.48. The number of esters is 1. The summed E-state index contributed by atoms with van der Waals surface area (Å²) >= 11 is 1.44. The summed E-state index contributed by atoms with van der Waals surface area (Å²) in [5.74, 6) is -0.0819. The van der Waals surface area contributed by atoms with Crippen LogP contribution in [0, 0.1) is 0 Å². The molecule has 0 aromatic heterocycles. The topological polar surface area (TPSA) is 89.6 Å². The quantitative estimate of drug-likeness (QED) is 0.465. The molecule has 0 aliphatic heterocycles. The van der Waals surface area contributed by atoms with E-state index in [0.29, 0.717) is 25.2 Å². The van der Waals surface area contributed by atoms with Crippen LogP contribution in [-0.2, 0) is 14.3 Å². The fourth-order valence-corrected chi connectivity index (χ4v) is 1.80. The van der Waals surface area contributed by atoms with Gasteiger partial charge in [-0.15, -0.1) is 0 Å². The van der Waals surface area contributed by atoms with Gasteiger partial charge in [-0.2, -0.15) is 11.8 Å². The minimum absolute atomic E-state index is 0.190. The van der Waals surface area contributed by atoms with Gasteiger partial charge in [0.1, 0.15) is 6.04 Å². The molecule has 0 fully saturated rings. The minimum Gasteiger partial charge on any atom is -0.480 e. The standard InChI is InChI=1S/C10H19NO4S/c1-2-5-15-9(12)4-3-6-16-7-8(11)10(13)14/h8H,2-7,11H2,1H3,(H,13,14)/t8-/m0/s1. The second kappa shape index (κ2) is 9.47. The lowest BCUT2D eigenvalue weighted by Crippen LogP contribution is -2.32. The maximum Gasteiger partial charge on any atom is 0.321 e. The number of hydrogen-bond donors (Lipinski definition) is 2. The molecule has 16 heavy (non-hydrogen) atoms. The predicted molar refractivity (Wildman–Crippen MR) is 63.4 cm³/mol. The van der Waals surface area contributed by atoms with Crippen LogP contribution in [0.15, 0.2) is 0 Å². The van der Waals surface area contributed by atoms with Gasteiger partial charge >= 0.3 is 11.9 Å². The smallest absolute Gasteiger partial charge is 0.321 e. The van der Waals surface area contributed by atoms with Crippen molar-refractivity contribution in [3.05, 3.63) is 0 Å². The van der Waals surface area contributed by atoms with E-state index in [0.717, 1.165) is 12.2 Å². The van der Waals surface area contributed by atoms with Crippen LogP contribution in [0.1, 0.15) is 26.2 Å². The number of nitrogens with two attached hydrogens (primary N) is 1. The molecule has 0 spiro atoms. The molecular formula is C10H19NO4S. The van der Waals surface area contributed by atoms with Crippen molar-refractivity contribution in [3.63, 3.8) is 0 Å². The van der Waals surface area contributed by atoms with Gasteiger partial charge in [0.2, 0.25) is 0 Å². The van der Waals surface area contributed by atoms with Crippen molar-refractivity contribution in [1.29, 1.82) is 0 Å². The largest absolute Gasteiger partial charge is 0.480 e. The molecular weight excluding hydrogens is 230 g/mol. The Balaban J connectivity index is 3.33. The van der Waals surface area contributed by atoms with Crippen LogP contribution in [-0.4, -0.2) is 41.2 Å². The van der Waals surface area contributed by atoms with E-state index in [9.17, 15) is 9.59 Å². The third-order valence-corrected chi connectivity index (χ3v) is 2.92. The highest BCUT2D eigenvalue weighted by Gasteiger charge is 2.10. The normalized spacial score (nSPS) is 12.1. The van der Waals surface area contributed by atoms with Crippen molar-refractivity contribution in [2.75, 3.05) is 18.1 Å². The molecule has 0 aliphatic rings. The molecule has 0 radical (unpaired) electrons. The summed E-state index contributed by atoms with van der Waals surface area (Å²) in [6, 6.07) is -0.822. The Morgan fingerprint density at radius 1 is 1.50 bits per heavy atom. The zero-order chi connectivity index (χ0) is 12.4. The Kier molecular flexibility index (Phi) is 9.03. The van der Waals surface area contributed by atoms with Gasteiger partial charge in [0, 0.05) is 12.2 Å². The second-order valence-electron chi connectivity index (χ2n) is 3.34. The molecule has 6 heteroatoms. The monoisotopic (exact) mass is 249 g/mol. The average molecular weight is 249 g/mol. The number of ether oxygens (including phenoxy) is 1. The number of carbonyl (C=O) groups excluding carboxylic acids is 1. The first-order valence-corrected chi connectivity index (χ1v) is 6.45. The molecule has 94 valence electrons. The van der Waals surface area contributed by atoms with E-state index >= 15 is 0 Å². The summed E-state index contributed by atoms with van der Waals surface area (Å²) < 4.78 is 4.89.